The highest BCUT2D eigenvalue weighted by molar-refractivity contribution is 7.13. The second kappa shape index (κ2) is 7.02. The molecule has 2 heterocycles. The van der Waals surface area contributed by atoms with Gasteiger partial charge >= 0.3 is 5.97 Å². The Kier molecular flexibility index (Phi) is 4.80. The van der Waals surface area contributed by atoms with E-state index in [2.05, 4.69) is 0 Å². The van der Waals surface area contributed by atoms with Crippen LogP contribution >= 0.6 is 11.3 Å². The minimum Gasteiger partial charge on any atom is -0.451 e. The van der Waals surface area contributed by atoms with Gasteiger partial charge in [-0.25, -0.2) is 4.79 Å². The predicted octanol–water partition coefficient (Wildman–Crippen LogP) is 3.10. The van der Waals surface area contributed by atoms with E-state index in [0.717, 1.165) is 10.4 Å². The molecule has 1 aliphatic rings. The molecule has 1 aromatic carbocycles. The quantitative estimate of drug-likeness (QED) is 0.475. The van der Waals surface area contributed by atoms with Crippen molar-refractivity contribution < 1.29 is 19.2 Å². The molecule has 0 fully saturated rings. The zero-order chi connectivity index (χ0) is 18.0. The van der Waals surface area contributed by atoms with Crippen molar-refractivity contribution in [2.24, 2.45) is 0 Å². The zero-order valence-electron chi connectivity index (χ0n) is 13.6. The first-order chi connectivity index (χ1) is 12.0. The number of non-ortho nitro benzene ring substituents is 1. The number of amides is 1. The molecule has 0 aliphatic carbocycles. The first-order valence-electron chi connectivity index (χ1n) is 7.77. The minimum absolute atomic E-state index is 0.00698. The van der Waals surface area contributed by atoms with Crippen LogP contribution in [-0.2, 0) is 16.0 Å². The highest BCUT2D eigenvalue weighted by Gasteiger charge is 2.25. The van der Waals surface area contributed by atoms with E-state index in [1.807, 2.05) is 13.0 Å². The second-order valence-corrected chi connectivity index (χ2v) is 6.99. The van der Waals surface area contributed by atoms with Gasteiger partial charge in [-0.3, -0.25) is 14.9 Å². The summed E-state index contributed by atoms with van der Waals surface area (Å²) in [4.78, 5) is 37.8. The molecule has 8 heteroatoms. The molecule has 0 N–H and O–H groups in total. The van der Waals surface area contributed by atoms with E-state index >= 15 is 0 Å². The van der Waals surface area contributed by atoms with Gasteiger partial charge in [0.1, 0.15) is 4.88 Å². The SMILES string of the molecule is Cc1ccc(C(=O)OCC(=O)N2CCCc3cc([N+](=O)[O-])ccc32)s1. The lowest BCUT2D eigenvalue weighted by Crippen LogP contribution is -2.38. The Balaban J connectivity index is 1.69. The van der Waals surface area contributed by atoms with Gasteiger partial charge in [-0.05, 0) is 43.5 Å². The lowest BCUT2D eigenvalue weighted by Gasteiger charge is -2.29. The highest BCUT2D eigenvalue weighted by Crippen LogP contribution is 2.30. The van der Waals surface area contributed by atoms with Gasteiger partial charge < -0.3 is 9.64 Å². The van der Waals surface area contributed by atoms with E-state index in [1.165, 1.54) is 28.4 Å². The van der Waals surface area contributed by atoms with E-state index in [4.69, 9.17) is 4.74 Å². The molecule has 0 atom stereocenters. The van der Waals surface area contributed by atoms with Crippen molar-refractivity contribution in [2.75, 3.05) is 18.1 Å². The molecular weight excluding hydrogens is 344 g/mol. The first kappa shape index (κ1) is 17.1. The van der Waals surface area contributed by atoms with E-state index in [0.29, 0.717) is 30.0 Å². The highest BCUT2D eigenvalue weighted by atomic mass is 32.1. The van der Waals surface area contributed by atoms with Crippen LogP contribution in [-0.4, -0.2) is 30.0 Å². The summed E-state index contributed by atoms with van der Waals surface area (Å²) in [5, 5.41) is 10.9. The van der Waals surface area contributed by atoms with E-state index in [-0.39, 0.29) is 18.2 Å². The molecule has 25 heavy (non-hydrogen) atoms. The van der Waals surface area contributed by atoms with Crippen molar-refractivity contribution in [3.8, 4) is 0 Å². The van der Waals surface area contributed by atoms with Crippen LogP contribution in [0.4, 0.5) is 11.4 Å². The van der Waals surface area contributed by atoms with Crippen LogP contribution in [0.25, 0.3) is 0 Å². The zero-order valence-corrected chi connectivity index (χ0v) is 14.4. The summed E-state index contributed by atoms with van der Waals surface area (Å²) in [5.74, 6) is -0.858. The molecule has 0 spiro atoms. The number of ether oxygens (including phenoxy) is 1. The van der Waals surface area contributed by atoms with Crippen LogP contribution in [0, 0.1) is 17.0 Å². The number of anilines is 1. The Morgan fingerprint density at radius 2 is 2.12 bits per heavy atom. The van der Waals surface area contributed by atoms with Crippen LogP contribution in [0.3, 0.4) is 0 Å². The number of esters is 1. The Labute approximate surface area is 148 Å². The Morgan fingerprint density at radius 3 is 2.80 bits per heavy atom. The number of thiophene rings is 1. The molecule has 3 rings (SSSR count). The number of benzene rings is 1. The van der Waals surface area contributed by atoms with Gasteiger partial charge in [-0.2, -0.15) is 0 Å². The average molecular weight is 360 g/mol. The number of nitro groups is 1. The molecule has 1 aliphatic heterocycles. The Bertz CT molecular complexity index is 845. The predicted molar refractivity (Wildman–Crippen MR) is 93.1 cm³/mol. The number of nitro benzene ring substituents is 1. The summed E-state index contributed by atoms with van der Waals surface area (Å²) < 4.78 is 5.11. The van der Waals surface area contributed by atoms with Crippen LogP contribution in [0.5, 0.6) is 0 Å². The molecule has 1 amide bonds. The number of carbonyl (C=O) groups excluding carboxylic acids is 2. The first-order valence-corrected chi connectivity index (χ1v) is 8.58. The van der Waals surface area contributed by atoms with Crippen LogP contribution in [0.15, 0.2) is 30.3 Å². The van der Waals surface area contributed by atoms with Crippen molar-refractivity contribution in [3.05, 3.63) is 55.8 Å². The average Bonchev–Trinajstić information content (AvgIpc) is 3.04. The molecule has 0 radical (unpaired) electrons. The number of rotatable bonds is 4. The number of nitrogens with zero attached hydrogens (tertiary/aromatic N) is 2. The molecule has 130 valence electrons. The van der Waals surface area contributed by atoms with Crippen molar-refractivity contribution >= 4 is 34.6 Å². The van der Waals surface area contributed by atoms with Crippen molar-refractivity contribution in [1.82, 2.24) is 0 Å². The number of aryl methyl sites for hydroxylation is 2. The summed E-state index contributed by atoms with van der Waals surface area (Å²) in [7, 11) is 0. The lowest BCUT2D eigenvalue weighted by molar-refractivity contribution is -0.384. The van der Waals surface area contributed by atoms with Gasteiger partial charge in [0.15, 0.2) is 6.61 Å². The molecule has 0 saturated heterocycles. The van der Waals surface area contributed by atoms with Crippen LogP contribution < -0.4 is 4.90 Å². The van der Waals surface area contributed by atoms with Gasteiger partial charge in [0.25, 0.3) is 11.6 Å². The molecule has 0 saturated carbocycles. The van der Waals surface area contributed by atoms with E-state index in [1.54, 1.807) is 12.1 Å². The molecule has 2 aromatic rings. The van der Waals surface area contributed by atoms with Gasteiger partial charge in [-0.15, -0.1) is 11.3 Å². The summed E-state index contributed by atoms with van der Waals surface area (Å²) in [6.07, 6.45) is 1.38. The second-order valence-electron chi connectivity index (χ2n) is 5.71. The summed E-state index contributed by atoms with van der Waals surface area (Å²) in [5.41, 5.74) is 1.41. The van der Waals surface area contributed by atoms with Crippen molar-refractivity contribution in [2.45, 2.75) is 19.8 Å². The lowest BCUT2D eigenvalue weighted by atomic mass is 10.0. The van der Waals surface area contributed by atoms with Gasteiger partial charge in [0, 0.05) is 29.2 Å². The van der Waals surface area contributed by atoms with E-state index < -0.39 is 10.9 Å². The molecular formula is C17H16N2O5S. The maximum absolute atomic E-state index is 12.4. The third-order valence-corrected chi connectivity index (χ3v) is 4.94. The van der Waals surface area contributed by atoms with Gasteiger partial charge in [-0.1, -0.05) is 0 Å². The smallest absolute Gasteiger partial charge is 0.348 e. The normalized spacial score (nSPS) is 13.2. The monoisotopic (exact) mass is 360 g/mol. The Hall–Kier alpha value is -2.74. The summed E-state index contributed by atoms with van der Waals surface area (Å²) in [6, 6.07) is 7.94. The topological polar surface area (TPSA) is 89.8 Å². The molecule has 7 nitrogen and oxygen atoms in total. The fraction of sp³-hybridized carbons (Fsp3) is 0.294. The third-order valence-electron chi connectivity index (χ3n) is 3.96. The number of carbonyl (C=O) groups is 2. The largest absolute Gasteiger partial charge is 0.451 e. The number of hydrogen-bond donors (Lipinski definition) is 0. The Morgan fingerprint density at radius 1 is 1.32 bits per heavy atom. The van der Waals surface area contributed by atoms with Crippen LogP contribution in [0.2, 0.25) is 0 Å². The minimum atomic E-state index is -0.521. The van der Waals surface area contributed by atoms with Crippen molar-refractivity contribution in [1.29, 1.82) is 0 Å². The molecule has 1 aromatic heterocycles. The van der Waals surface area contributed by atoms with Crippen molar-refractivity contribution in [3.63, 3.8) is 0 Å². The van der Waals surface area contributed by atoms with Gasteiger partial charge in [0.05, 0.1) is 4.92 Å². The third kappa shape index (κ3) is 3.69. The molecule has 0 unspecified atom stereocenters. The fourth-order valence-electron chi connectivity index (χ4n) is 2.78. The van der Waals surface area contributed by atoms with Gasteiger partial charge in [0.2, 0.25) is 0 Å². The van der Waals surface area contributed by atoms with Crippen LogP contribution in [0.1, 0.15) is 26.5 Å². The molecule has 0 bridgehead atoms. The number of fused-ring (bicyclic) bond motifs is 1. The maximum Gasteiger partial charge on any atom is 0.348 e. The maximum atomic E-state index is 12.4. The number of hydrogen-bond acceptors (Lipinski definition) is 6. The summed E-state index contributed by atoms with van der Waals surface area (Å²) in [6.45, 7) is 2.03. The standard InChI is InChI=1S/C17H16N2O5S/c1-11-4-7-15(25-11)17(21)24-10-16(20)18-8-2-3-12-9-13(19(22)23)5-6-14(12)18/h4-7,9H,2-3,8,10H2,1H3. The fourth-order valence-corrected chi connectivity index (χ4v) is 3.54. The van der Waals surface area contributed by atoms with E-state index in [9.17, 15) is 19.7 Å². The summed E-state index contributed by atoms with van der Waals surface area (Å²) >= 11 is 1.31.